The lowest BCUT2D eigenvalue weighted by Crippen LogP contribution is -2.12. The maximum Gasteiger partial charge on any atom is 0.0368 e. The predicted molar refractivity (Wildman–Crippen MR) is 53.3 cm³/mol. The van der Waals surface area contributed by atoms with Crippen LogP contribution < -0.4 is 5.32 Å². The third-order valence-corrected chi connectivity index (χ3v) is 2.95. The van der Waals surface area contributed by atoms with Crippen molar-refractivity contribution in [1.82, 2.24) is 5.32 Å². The summed E-state index contributed by atoms with van der Waals surface area (Å²) in [6.07, 6.45) is 6.97. The van der Waals surface area contributed by atoms with Crippen molar-refractivity contribution in [2.24, 2.45) is 0 Å². The van der Waals surface area contributed by atoms with Gasteiger partial charge in [0.25, 0.3) is 0 Å². The Hall–Kier alpha value is -0.290. The van der Waals surface area contributed by atoms with Gasteiger partial charge in [0.1, 0.15) is 0 Å². The van der Waals surface area contributed by atoms with Crippen molar-refractivity contribution in [1.29, 1.82) is 0 Å². The first-order valence-corrected chi connectivity index (χ1v) is 5.63. The van der Waals surface area contributed by atoms with Crippen LogP contribution in [0.1, 0.15) is 19.8 Å². The first-order chi connectivity index (χ1) is 5.34. The number of allylic oxidation sites excluding steroid dienone is 3. The molecule has 1 rings (SSSR count). The molecule has 0 aromatic heterocycles. The highest BCUT2D eigenvalue weighted by atomic mass is 31.1. The molecule has 2 heteroatoms. The topological polar surface area (TPSA) is 12.0 Å². The number of hydrogen-bond donors (Lipinski definition) is 1. The minimum Gasteiger partial charge on any atom is -0.385 e. The van der Waals surface area contributed by atoms with Gasteiger partial charge in [0, 0.05) is 12.2 Å². The fourth-order valence-electron chi connectivity index (χ4n) is 1.10. The van der Waals surface area contributed by atoms with E-state index in [1.54, 1.807) is 0 Å². The van der Waals surface area contributed by atoms with Crippen molar-refractivity contribution >= 4 is 8.58 Å². The van der Waals surface area contributed by atoms with Crippen molar-refractivity contribution in [3.63, 3.8) is 0 Å². The van der Waals surface area contributed by atoms with E-state index in [1.807, 2.05) is 0 Å². The second kappa shape index (κ2) is 4.56. The highest BCUT2D eigenvalue weighted by molar-refractivity contribution is 7.42. The van der Waals surface area contributed by atoms with Gasteiger partial charge in [-0.1, -0.05) is 14.7 Å². The van der Waals surface area contributed by atoms with Gasteiger partial charge in [-0.15, -0.1) is 0 Å². The number of nitrogens with one attached hydrogen (secondary N) is 1. The summed E-state index contributed by atoms with van der Waals surface area (Å²) in [5.74, 6) is 0. The molecule has 0 aliphatic carbocycles. The summed E-state index contributed by atoms with van der Waals surface area (Å²) in [6, 6.07) is 0. The van der Waals surface area contributed by atoms with Crippen LogP contribution in [0.5, 0.6) is 0 Å². The van der Waals surface area contributed by atoms with Crippen molar-refractivity contribution in [3.05, 3.63) is 23.2 Å². The van der Waals surface area contributed by atoms with E-state index in [0.29, 0.717) is 0 Å². The van der Waals surface area contributed by atoms with Gasteiger partial charge in [-0.2, -0.15) is 0 Å². The summed E-state index contributed by atoms with van der Waals surface area (Å²) < 4.78 is 0. The molecule has 0 amide bonds. The van der Waals surface area contributed by atoms with Gasteiger partial charge >= 0.3 is 0 Å². The predicted octanol–water partition coefficient (Wildman–Crippen LogP) is 2.47. The molecule has 0 saturated heterocycles. The third kappa shape index (κ3) is 2.67. The Morgan fingerprint density at radius 3 is 3.18 bits per heavy atom. The van der Waals surface area contributed by atoms with E-state index in [-0.39, 0.29) is 0 Å². The molecular weight excluding hydrogens is 153 g/mol. The van der Waals surface area contributed by atoms with Gasteiger partial charge in [0.2, 0.25) is 0 Å². The van der Waals surface area contributed by atoms with Crippen LogP contribution in [-0.2, 0) is 0 Å². The molecule has 1 N–H and O–H groups in total. The first-order valence-electron chi connectivity index (χ1n) is 4.13. The monoisotopic (exact) mass is 169 g/mol. The van der Waals surface area contributed by atoms with E-state index in [1.165, 1.54) is 23.9 Å². The van der Waals surface area contributed by atoms with E-state index in [9.17, 15) is 0 Å². The molecule has 0 spiro atoms. The summed E-state index contributed by atoms with van der Waals surface area (Å²) in [7, 11) is 0.925. The summed E-state index contributed by atoms with van der Waals surface area (Å²) in [5.41, 5.74) is 1.35. The Bertz CT molecular complexity index is 182. The van der Waals surface area contributed by atoms with Crippen LogP contribution in [0.3, 0.4) is 0 Å². The minimum absolute atomic E-state index is 0.925. The summed E-state index contributed by atoms with van der Waals surface area (Å²) in [4.78, 5) is 0. The minimum atomic E-state index is 0.925. The molecule has 0 aromatic rings. The van der Waals surface area contributed by atoms with E-state index < -0.39 is 0 Å². The van der Waals surface area contributed by atoms with Gasteiger partial charge in [-0.3, -0.25) is 0 Å². The van der Waals surface area contributed by atoms with E-state index in [0.717, 1.165) is 15.1 Å². The summed E-state index contributed by atoms with van der Waals surface area (Å²) in [6.45, 7) is 5.56. The van der Waals surface area contributed by atoms with E-state index >= 15 is 0 Å². The SMILES string of the molecule is CP/C(C)=C1/C=CCCCN1. The number of hydrogen-bond acceptors (Lipinski definition) is 1. The van der Waals surface area contributed by atoms with E-state index in [2.05, 4.69) is 31.1 Å². The molecule has 62 valence electrons. The maximum atomic E-state index is 3.43. The summed E-state index contributed by atoms with van der Waals surface area (Å²) in [5, 5.41) is 4.92. The Kier molecular flexibility index (Phi) is 3.65. The molecule has 1 atom stereocenters. The molecule has 1 aliphatic rings. The van der Waals surface area contributed by atoms with Crippen LogP contribution in [-0.4, -0.2) is 13.2 Å². The zero-order valence-electron chi connectivity index (χ0n) is 7.28. The standard InChI is InChI=1S/C9H16NP/c1-8(11-2)9-6-4-3-5-7-10-9/h4,6,10-11H,3,5,7H2,1-2H3/b9-8-. The smallest absolute Gasteiger partial charge is 0.0368 e. The van der Waals surface area contributed by atoms with Crippen LogP contribution in [0.2, 0.25) is 0 Å². The second-order valence-corrected chi connectivity index (χ2v) is 4.01. The lowest BCUT2D eigenvalue weighted by molar-refractivity contribution is 0.761. The lowest BCUT2D eigenvalue weighted by atomic mass is 10.3. The van der Waals surface area contributed by atoms with Crippen molar-refractivity contribution in [3.8, 4) is 0 Å². The highest BCUT2D eigenvalue weighted by Crippen LogP contribution is 2.22. The first kappa shape index (κ1) is 8.80. The van der Waals surface area contributed by atoms with Crippen LogP contribution in [0.15, 0.2) is 23.2 Å². The summed E-state index contributed by atoms with van der Waals surface area (Å²) >= 11 is 0. The van der Waals surface area contributed by atoms with Crippen LogP contribution in [0.25, 0.3) is 0 Å². The Morgan fingerprint density at radius 2 is 2.45 bits per heavy atom. The largest absolute Gasteiger partial charge is 0.385 e. The lowest BCUT2D eigenvalue weighted by Gasteiger charge is -2.07. The molecule has 0 saturated carbocycles. The van der Waals surface area contributed by atoms with Crippen LogP contribution in [0, 0.1) is 0 Å². The average Bonchev–Trinajstić information content (AvgIpc) is 2.30. The fourth-order valence-corrected chi connectivity index (χ4v) is 1.54. The quantitative estimate of drug-likeness (QED) is 0.594. The van der Waals surface area contributed by atoms with Crippen LogP contribution >= 0.6 is 8.58 Å². The molecule has 0 bridgehead atoms. The zero-order chi connectivity index (χ0) is 8.10. The zero-order valence-corrected chi connectivity index (χ0v) is 8.28. The third-order valence-electron chi connectivity index (χ3n) is 1.93. The van der Waals surface area contributed by atoms with Gasteiger partial charge in [-0.25, -0.2) is 0 Å². The van der Waals surface area contributed by atoms with Gasteiger partial charge in [-0.05, 0) is 37.8 Å². The molecule has 1 nitrogen and oxygen atoms in total. The van der Waals surface area contributed by atoms with Crippen LogP contribution in [0.4, 0.5) is 0 Å². The fraction of sp³-hybridized carbons (Fsp3) is 0.556. The number of rotatable bonds is 1. The highest BCUT2D eigenvalue weighted by Gasteiger charge is 1.99. The molecule has 1 heterocycles. The molecule has 11 heavy (non-hydrogen) atoms. The molecule has 0 fully saturated rings. The Balaban J connectivity index is 2.68. The molecule has 1 unspecified atom stereocenters. The van der Waals surface area contributed by atoms with Crippen molar-refractivity contribution in [2.45, 2.75) is 19.8 Å². The van der Waals surface area contributed by atoms with Crippen molar-refractivity contribution < 1.29 is 0 Å². The van der Waals surface area contributed by atoms with E-state index in [4.69, 9.17) is 0 Å². The molecule has 1 aliphatic heterocycles. The van der Waals surface area contributed by atoms with Crippen molar-refractivity contribution in [2.75, 3.05) is 13.2 Å². The van der Waals surface area contributed by atoms with Gasteiger partial charge in [0.05, 0.1) is 0 Å². The Morgan fingerprint density at radius 1 is 1.64 bits per heavy atom. The molecular formula is C9H16NP. The van der Waals surface area contributed by atoms with Gasteiger partial charge in [0.15, 0.2) is 0 Å². The molecule has 0 aromatic carbocycles. The maximum absolute atomic E-state index is 3.43. The second-order valence-electron chi connectivity index (χ2n) is 2.76. The van der Waals surface area contributed by atoms with Gasteiger partial charge < -0.3 is 5.32 Å². The molecule has 0 radical (unpaired) electrons. The average molecular weight is 169 g/mol. The Labute approximate surface area is 70.7 Å². The normalized spacial score (nSPS) is 23.5.